The molecule has 1 unspecified atom stereocenters. The Bertz CT molecular complexity index is 2070. The van der Waals surface area contributed by atoms with Crippen LogP contribution >= 0.6 is 0 Å². The number of carbonyl (C=O) groups is 3. The lowest BCUT2D eigenvalue weighted by molar-refractivity contribution is -0.392. The number of nitrogens with one attached hydrogen (secondary N) is 1. The fourth-order valence-corrected chi connectivity index (χ4v) is 7.04. The highest BCUT2D eigenvalue weighted by molar-refractivity contribution is 6.09. The number of ether oxygens (including phenoxy) is 1. The number of anilines is 1. The third-order valence-electron chi connectivity index (χ3n) is 9.91. The van der Waals surface area contributed by atoms with Crippen molar-refractivity contribution < 1.29 is 49.9 Å². The molecule has 0 aliphatic carbocycles. The van der Waals surface area contributed by atoms with Gasteiger partial charge in [0.05, 0.1) is 24.8 Å². The Labute approximate surface area is 306 Å². The number of fused-ring (bicyclic) bond motifs is 1. The number of imide groups is 1. The van der Waals surface area contributed by atoms with Crippen LogP contribution in [-0.2, 0) is 32.1 Å². The SMILES string of the molecule is CC=Cc1cc(C(OCc2ccccc2)(C(F)(F)F)C(F)(F)F)ccc1N1C[C@H](C)N(C(=O)CN2C(=O)N[C@](C)(c3cc4ccoc4cn3)C2=O)CC1C. The van der Waals surface area contributed by atoms with Gasteiger partial charge in [-0.15, -0.1) is 0 Å². The number of aromatic nitrogens is 1. The molecule has 16 heteroatoms. The highest BCUT2D eigenvalue weighted by Crippen LogP contribution is 2.54. The van der Waals surface area contributed by atoms with Crippen LogP contribution in [0, 0.1) is 0 Å². The molecular formula is C38H37F6N5O5. The van der Waals surface area contributed by atoms with Crippen LogP contribution in [0.1, 0.15) is 50.1 Å². The summed E-state index contributed by atoms with van der Waals surface area (Å²) in [6.45, 7) is 5.24. The molecule has 2 aliphatic rings. The van der Waals surface area contributed by atoms with Crippen LogP contribution in [0.25, 0.3) is 17.0 Å². The quantitative estimate of drug-likeness (QED) is 0.141. The average Bonchev–Trinajstić information content (AvgIpc) is 3.67. The van der Waals surface area contributed by atoms with E-state index in [9.17, 15) is 40.7 Å². The number of benzene rings is 2. The van der Waals surface area contributed by atoms with Gasteiger partial charge in [-0.1, -0.05) is 48.6 Å². The van der Waals surface area contributed by atoms with Crippen LogP contribution in [0.15, 0.2) is 83.6 Å². The second kappa shape index (κ2) is 14.1. The molecule has 2 aromatic carbocycles. The van der Waals surface area contributed by atoms with Crippen molar-refractivity contribution >= 4 is 40.6 Å². The predicted octanol–water partition coefficient (Wildman–Crippen LogP) is 7.29. The van der Waals surface area contributed by atoms with Gasteiger partial charge in [0.25, 0.3) is 11.5 Å². The second-order valence-corrected chi connectivity index (χ2v) is 13.6. The lowest BCUT2D eigenvalue weighted by atomic mass is 9.89. The van der Waals surface area contributed by atoms with Crippen LogP contribution in [0.5, 0.6) is 0 Å². The van der Waals surface area contributed by atoms with Gasteiger partial charge in [0.2, 0.25) is 5.91 Å². The fraction of sp³-hybridized carbons (Fsp3) is 0.368. The first-order valence-corrected chi connectivity index (χ1v) is 17.0. The van der Waals surface area contributed by atoms with Gasteiger partial charge in [-0.2, -0.15) is 26.3 Å². The van der Waals surface area contributed by atoms with Gasteiger partial charge in [0, 0.05) is 41.8 Å². The normalized spacial score (nSPS) is 21.4. The molecular weight excluding hydrogens is 720 g/mol. The lowest BCUT2D eigenvalue weighted by Gasteiger charge is -2.46. The van der Waals surface area contributed by atoms with E-state index in [2.05, 4.69) is 10.3 Å². The summed E-state index contributed by atoms with van der Waals surface area (Å²) in [6, 6.07) is 11.6. The number of furan rings is 1. The van der Waals surface area contributed by atoms with Crippen LogP contribution in [0.4, 0.5) is 36.8 Å². The van der Waals surface area contributed by atoms with Crippen LogP contribution in [0.2, 0.25) is 0 Å². The Balaban J connectivity index is 1.23. The fourth-order valence-electron chi connectivity index (χ4n) is 7.04. The Morgan fingerprint density at radius 1 is 1.00 bits per heavy atom. The van der Waals surface area contributed by atoms with E-state index < -0.39 is 72.1 Å². The molecule has 286 valence electrons. The Hall–Kier alpha value is -5.38. The van der Waals surface area contributed by atoms with E-state index in [0.717, 1.165) is 17.0 Å². The maximum atomic E-state index is 14.7. The van der Waals surface area contributed by atoms with E-state index in [1.165, 1.54) is 66.8 Å². The molecule has 0 saturated carbocycles. The minimum Gasteiger partial charge on any atom is -0.463 e. The maximum Gasteiger partial charge on any atom is 0.430 e. The molecule has 6 rings (SSSR count). The molecule has 4 heterocycles. The van der Waals surface area contributed by atoms with Crippen molar-refractivity contribution in [3.63, 3.8) is 0 Å². The number of amides is 4. The number of carbonyl (C=O) groups excluding carboxylic acids is 3. The summed E-state index contributed by atoms with van der Waals surface area (Å²) in [5.74, 6) is -1.20. The number of nitrogens with zero attached hydrogens (tertiary/aromatic N) is 4. The molecule has 0 bridgehead atoms. The van der Waals surface area contributed by atoms with E-state index in [4.69, 9.17) is 9.15 Å². The number of hydrogen-bond donors (Lipinski definition) is 1. The number of alkyl halides is 6. The summed E-state index contributed by atoms with van der Waals surface area (Å²) in [5, 5.41) is 3.31. The van der Waals surface area contributed by atoms with Crippen molar-refractivity contribution in [3.05, 3.63) is 102 Å². The third-order valence-corrected chi connectivity index (χ3v) is 9.91. The summed E-state index contributed by atoms with van der Waals surface area (Å²) in [4.78, 5) is 48.7. The van der Waals surface area contributed by atoms with Gasteiger partial charge < -0.3 is 24.3 Å². The van der Waals surface area contributed by atoms with Gasteiger partial charge in [-0.05, 0) is 63.1 Å². The minimum atomic E-state index is -5.88. The molecule has 2 aromatic heterocycles. The molecule has 4 amide bonds. The van der Waals surface area contributed by atoms with Gasteiger partial charge >= 0.3 is 18.4 Å². The minimum absolute atomic E-state index is 0.0753. The van der Waals surface area contributed by atoms with Crippen molar-refractivity contribution in [1.82, 2.24) is 20.1 Å². The summed E-state index contributed by atoms with van der Waals surface area (Å²) in [6.07, 6.45) is -5.94. The van der Waals surface area contributed by atoms with Gasteiger partial charge in [0.15, 0.2) is 11.1 Å². The van der Waals surface area contributed by atoms with Crippen LogP contribution in [0.3, 0.4) is 0 Å². The molecule has 0 radical (unpaired) electrons. The molecule has 2 saturated heterocycles. The Kier molecular flexibility index (Phi) is 10.0. The molecule has 2 aliphatic heterocycles. The second-order valence-electron chi connectivity index (χ2n) is 13.6. The Morgan fingerprint density at radius 2 is 1.70 bits per heavy atom. The first-order valence-electron chi connectivity index (χ1n) is 17.0. The smallest absolute Gasteiger partial charge is 0.430 e. The molecule has 10 nitrogen and oxygen atoms in total. The zero-order chi connectivity index (χ0) is 39.2. The van der Waals surface area contributed by atoms with E-state index in [0.29, 0.717) is 16.7 Å². The van der Waals surface area contributed by atoms with Crippen molar-refractivity contribution in [3.8, 4) is 0 Å². The van der Waals surface area contributed by atoms with Crippen LogP contribution in [-0.4, -0.2) is 76.7 Å². The number of halogens is 6. The van der Waals surface area contributed by atoms with E-state index in [1.54, 1.807) is 43.9 Å². The highest BCUT2D eigenvalue weighted by atomic mass is 19.4. The summed E-state index contributed by atoms with van der Waals surface area (Å²) in [7, 11) is 0. The highest BCUT2D eigenvalue weighted by Gasteiger charge is 2.73. The molecule has 54 heavy (non-hydrogen) atoms. The van der Waals surface area contributed by atoms with Crippen molar-refractivity contribution in [1.29, 1.82) is 0 Å². The van der Waals surface area contributed by atoms with E-state index in [1.807, 2.05) is 0 Å². The summed E-state index contributed by atoms with van der Waals surface area (Å²) < 4.78 is 98.1. The predicted molar refractivity (Wildman–Crippen MR) is 186 cm³/mol. The van der Waals surface area contributed by atoms with Gasteiger partial charge in [-0.3, -0.25) is 19.5 Å². The molecule has 3 atom stereocenters. The zero-order valence-electron chi connectivity index (χ0n) is 29.7. The van der Waals surface area contributed by atoms with Crippen molar-refractivity contribution in [2.24, 2.45) is 0 Å². The Morgan fingerprint density at radius 3 is 2.37 bits per heavy atom. The van der Waals surface area contributed by atoms with Gasteiger partial charge in [0.1, 0.15) is 6.54 Å². The number of piperazine rings is 1. The topological polar surface area (TPSA) is 108 Å². The third kappa shape index (κ3) is 6.67. The van der Waals surface area contributed by atoms with Crippen molar-refractivity contribution in [2.75, 3.05) is 24.5 Å². The number of hydrogen-bond acceptors (Lipinski definition) is 7. The average molecular weight is 758 g/mol. The first kappa shape index (κ1) is 38.3. The molecule has 0 spiro atoms. The molecule has 1 N–H and O–H groups in total. The van der Waals surface area contributed by atoms with Crippen LogP contribution < -0.4 is 10.2 Å². The van der Waals surface area contributed by atoms with Crippen molar-refractivity contribution in [2.45, 2.75) is 69.9 Å². The van der Waals surface area contributed by atoms with Gasteiger partial charge in [-0.25, -0.2) is 4.79 Å². The summed E-state index contributed by atoms with van der Waals surface area (Å²) >= 11 is 0. The summed E-state index contributed by atoms with van der Waals surface area (Å²) in [5.41, 5.74) is -6.01. The maximum absolute atomic E-state index is 14.7. The molecule has 4 aromatic rings. The standard InChI is InChI=1S/C38H37F6N5O5/c1-5-9-26-16-28(36(37(39,40)41,38(42,43)44)54-22-25-10-7-6-8-11-25)12-13-29(26)47-19-24(3)48(20-23(47)2)32(50)21-49-33(51)35(4,46-34(49)52)31-17-27-14-15-53-30(27)18-45-31/h5-18,23-24H,19-22H2,1-4H3,(H,46,52)/t23?,24-,35+/m0/s1. The largest absolute Gasteiger partial charge is 0.463 e. The van der Waals surface area contributed by atoms with E-state index in [-0.39, 0.29) is 29.9 Å². The number of pyridine rings is 1. The molecule has 2 fully saturated rings. The van der Waals surface area contributed by atoms with E-state index >= 15 is 0 Å². The number of rotatable bonds is 9. The number of allylic oxidation sites excluding steroid dienone is 1. The zero-order valence-corrected chi connectivity index (χ0v) is 29.7. The first-order chi connectivity index (χ1) is 25.4. The number of urea groups is 1. The monoisotopic (exact) mass is 757 g/mol. The lowest BCUT2D eigenvalue weighted by Crippen LogP contribution is -2.60.